The van der Waals surface area contributed by atoms with Gasteiger partial charge >= 0.3 is 0 Å². The number of rotatable bonds is 5. The van der Waals surface area contributed by atoms with Crippen LogP contribution in [0.3, 0.4) is 0 Å². The van der Waals surface area contributed by atoms with Gasteiger partial charge in [-0.3, -0.25) is 9.80 Å². The van der Waals surface area contributed by atoms with Crippen LogP contribution in [-0.2, 0) is 13.0 Å². The van der Waals surface area contributed by atoms with Gasteiger partial charge < -0.3 is 10.5 Å². The average molecular weight is 407 g/mol. The normalized spacial score (nSPS) is 29.4. The Bertz CT molecular complexity index is 872. The van der Waals surface area contributed by atoms with Gasteiger partial charge in [0.2, 0.25) is 0 Å². The van der Waals surface area contributed by atoms with E-state index in [9.17, 15) is 0 Å². The Morgan fingerprint density at radius 2 is 2.03 bits per heavy atom. The molecule has 4 atom stereocenters. The Balaban J connectivity index is 1.38. The van der Waals surface area contributed by atoms with Crippen molar-refractivity contribution in [1.82, 2.24) is 14.8 Å². The lowest BCUT2D eigenvalue weighted by atomic mass is 9.71. The predicted molar refractivity (Wildman–Crippen MR) is 120 cm³/mol. The molecule has 0 saturated carbocycles. The van der Waals surface area contributed by atoms with E-state index in [1.165, 1.54) is 49.9 Å². The molecule has 4 heterocycles. The molecule has 5 heteroatoms. The standard InChI is InChI=1S/C25H34N4O/c1-30-22-8-4-6-18(12-22)13-24-21-14-20(23-9-2-3-11-29(23)24)16-28(17-21)15-19-7-5-10-27-25(19)26/h4-8,10,12,20-21,23-24H,2-3,9,11,13-17H2,1H3,(H2,26,27)/t20-,21+,23+,24+/m1/s1. The number of nitrogens with zero attached hydrogens (tertiary/aromatic N) is 3. The van der Waals surface area contributed by atoms with Crippen molar-refractivity contribution in [2.75, 3.05) is 32.5 Å². The van der Waals surface area contributed by atoms with Gasteiger partial charge in [0.15, 0.2) is 0 Å². The lowest BCUT2D eigenvalue weighted by molar-refractivity contribution is -0.0729. The Labute approximate surface area is 180 Å². The van der Waals surface area contributed by atoms with Crippen molar-refractivity contribution in [2.24, 2.45) is 11.8 Å². The van der Waals surface area contributed by atoms with Crippen LogP contribution in [0.15, 0.2) is 42.6 Å². The zero-order valence-corrected chi connectivity index (χ0v) is 18.0. The molecule has 2 aromatic rings. The molecule has 3 fully saturated rings. The van der Waals surface area contributed by atoms with E-state index in [0.29, 0.717) is 17.8 Å². The molecule has 30 heavy (non-hydrogen) atoms. The number of nitrogen functional groups attached to an aromatic ring is 1. The van der Waals surface area contributed by atoms with Gasteiger partial charge in [-0.25, -0.2) is 4.98 Å². The van der Waals surface area contributed by atoms with Crippen LogP contribution in [0.5, 0.6) is 5.75 Å². The summed E-state index contributed by atoms with van der Waals surface area (Å²) in [6, 6.07) is 14.2. The third kappa shape index (κ3) is 3.93. The average Bonchev–Trinajstić information content (AvgIpc) is 2.78. The SMILES string of the molecule is COc1cccc(C[C@H]2[C@H]3C[C@H](CN(Cc4cccnc4N)C3)[C@@H]3CCCCN32)c1. The number of pyridine rings is 1. The Kier molecular flexibility index (Phi) is 5.66. The lowest BCUT2D eigenvalue weighted by Crippen LogP contribution is -2.63. The maximum absolute atomic E-state index is 6.16. The number of piperidine rings is 3. The zero-order chi connectivity index (χ0) is 20.5. The van der Waals surface area contributed by atoms with E-state index in [-0.39, 0.29) is 0 Å². The monoisotopic (exact) mass is 406 g/mol. The number of hydrogen-bond acceptors (Lipinski definition) is 5. The molecule has 2 N–H and O–H groups in total. The maximum atomic E-state index is 6.16. The van der Waals surface area contributed by atoms with Crippen LogP contribution in [-0.4, -0.2) is 53.6 Å². The van der Waals surface area contributed by atoms with Gasteiger partial charge in [0.25, 0.3) is 0 Å². The number of benzene rings is 1. The Hall–Kier alpha value is -2.11. The Morgan fingerprint density at radius 3 is 2.90 bits per heavy atom. The molecule has 0 unspecified atom stereocenters. The first-order valence-electron chi connectivity index (χ1n) is 11.5. The van der Waals surface area contributed by atoms with E-state index in [4.69, 9.17) is 10.5 Å². The molecule has 0 amide bonds. The number of aromatic nitrogens is 1. The molecular formula is C25H34N4O. The van der Waals surface area contributed by atoms with E-state index < -0.39 is 0 Å². The molecule has 3 saturated heterocycles. The minimum Gasteiger partial charge on any atom is -0.497 e. The predicted octanol–water partition coefficient (Wildman–Crippen LogP) is 3.59. The number of likely N-dealkylation sites (tertiary alicyclic amines) is 1. The third-order valence-electron chi connectivity index (χ3n) is 7.60. The van der Waals surface area contributed by atoms with Crippen LogP contribution in [0.4, 0.5) is 5.82 Å². The quantitative estimate of drug-likeness (QED) is 0.822. The molecule has 5 rings (SSSR count). The number of hydrogen-bond donors (Lipinski definition) is 1. The largest absolute Gasteiger partial charge is 0.497 e. The number of ether oxygens (including phenoxy) is 1. The molecule has 2 bridgehead atoms. The fraction of sp³-hybridized carbons (Fsp3) is 0.560. The highest BCUT2D eigenvalue weighted by Gasteiger charge is 2.46. The van der Waals surface area contributed by atoms with E-state index in [2.05, 4.69) is 39.0 Å². The Morgan fingerprint density at radius 1 is 1.13 bits per heavy atom. The molecule has 160 valence electrons. The van der Waals surface area contributed by atoms with Gasteiger partial charge in [-0.05, 0) is 67.8 Å². The molecule has 3 aliphatic heterocycles. The molecule has 1 aromatic heterocycles. The first kappa shape index (κ1) is 19.8. The molecule has 0 spiro atoms. The summed E-state index contributed by atoms with van der Waals surface area (Å²) in [7, 11) is 1.76. The van der Waals surface area contributed by atoms with E-state index in [0.717, 1.165) is 37.2 Å². The maximum Gasteiger partial charge on any atom is 0.127 e. The highest BCUT2D eigenvalue weighted by molar-refractivity contribution is 5.38. The summed E-state index contributed by atoms with van der Waals surface area (Å²) in [5.74, 6) is 3.14. The number of nitrogens with two attached hydrogens (primary N) is 1. The molecule has 5 nitrogen and oxygen atoms in total. The highest BCUT2D eigenvalue weighted by Crippen LogP contribution is 2.42. The van der Waals surface area contributed by atoms with Crippen molar-refractivity contribution in [3.8, 4) is 5.75 Å². The minimum absolute atomic E-state index is 0.618. The van der Waals surface area contributed by atoms with E-state index in [1.807, 2.05) is 12.1 Å². The number of fused-ring (bicyclic) bond motifs is 4. The van der Waals surface area contributed by atoms with Crippen molar-refractivity contribution in [1.29, 1.82) is 0 Å². The van der Waals surface area contributed by atoms with Gasteiger partial charge in [0, 0.05) is 43.5 Å². The second-order valence-electron chi connectivity index (χ2n) is 9.42. The van der Waals surface area contributed by atoms with Gasteiger partial charge in [-0.15, -0.1) is 0 Å². The van der Waals surface area contributed by atoms with Gasteiger partial charge in [0.05, 0.1) is 7.11 Å². The van der Waals surface area contributed by atoms with Crippen molar-refractivity contribution < 1.29 is 4.74 Å². The molecule has 3 aliphatic rings. The summed E-state index contributed by atoms with van der Waals surface area (Å²) in [6.45, 7) is 4.54. The summed E-state index contributed by atoms with van der Waals surface area (Å²) < 4.78 is 5.49. The molecule has 1 aromatic carbocycles. The summed E-state index contributed by atoms with van der Waals surface area (Å²) in [4.78, 5) is 9.84. The topological polar surface area (TPSA) is 54.6 Å². The number of anilines is 1. The van der Waals surface area contributed by atoms with Crippen LogP contribution < -0.4 is 10.5 Å². The van der Waals surface area contributed by atoms with Crippen molar-refractivity contribution in [2.45, 2.75) is 50.7 Å². The van der Waals surface area contributed by atoms with Crippen LogP contribution >= 0.6 is 0 Å². The number of methoxy groups -OCH3 is 1. The van der Waals surface area contributed by atoms with Crippen LogP contribution in [0.25, 0.3) is 0 Å². The molecular weight excluding hydrogens is 372 g/mol. The van der Waals surface area contributed by atoms with Gasteiger partial charge in [0.1, 0.15) is 11.6 Å². The van der Waals surface area contributed by atoms with Crippen molar-refractivity contribution >= 4 is 5.82 Å². The second kappa shape index (κ2) is 8.56. The zero-order valence-electron chi connectivity index (χ0n) is 18.0. The second-order valence-corrected chi connectivity index (χ2v) is 9.42. The molecule has 0 radical (unpaired) electrons. The summed E-state index contributed by atoms with van der Waals surface area (Å²) >= 11 is 0. The van der Waals surface area contributed by atoms with Crippen LogP contribution in [0.1, 0.15) is 36.8 Å². The first-order valence-corrected chi connectivity index (χ1v) is 11.5. The van der Waals surface area contributed by atoms with Crippen molar-refractivity contribution in [3.63, 3.8) is 0 Å². The lowest BCUT2D eigenvalue weighted by Gasteiger charge is -2.57. The first-order chi connectivity index (χ1) is 14.7. The highest BCUT2D eigenvalue weighted by atomic mass is 16.5. The smallest absolute Gasteiger partial charge is 0.127 e. The minimum atomic E-state index is 0.618. The van der Waals surface area contributed by atoms with E-state index in [1.54, 1.807) is 13.3 Å². The van der Waals surface area contributed by atoms with Gasteiger partial charge in [-0.1, -0.05) is 24.6 Å². The van der Waals surface area contributed by atoms with E-state index >= 15 is 0 Å². The fourth-order valence-electron chi connectivity index (χ4n) is 6.28. The summed E-state index contributed by atoms with van der Waals surface area (Å²) in [6.07, 6.45) is 8.36. The van der Waals surface area contributed by atoms with Crippen molar-refractivity contribution in [3.05, 3.63) is 53.7 Å². The van der Waals surface area contributed by atoms with Gasteiger partial charge in [-0.2, -0.15) is 0 Å². The van der Waals surface area contributed by atoms with Crippen LogP contribution in [0.2, 0.25) is 0 Å². The third-order valence-corrected chi connectivity index (χ3v) is 7.60. The summed E-state index contributed by atoms with van der Waals surface area (Å²) in [5.41, 5.74) is 8.73. The molecule has 0 aliphatic carbocycles. The fourth-order valence-corrected chi connectivity index (χ4v) is 6.28. The summed E-state index contributed by atoms with van der Waals surface area (Å²) in [5, 5.41) is 0. The van der Waals surface area contributed by atoms with Crippen LogP contribution in [0, 0.1) is 11.8 Å².